The van der Waals surface area contributed by atoms with Crippen LogP contribution in [-0.2, 0) is 23.1 Å². The standard InChI is InChI=1S/C15H23N3O3/c1-9-7-18(8-13(9)15(20)21)14(19)6-5-12-10(2)16-17(4)11(12)3/h9,13H,5-8H2,1-4H3,(H,20,21). The number of carbonyl (C=O) groups excluding carboxylic acids is 1. The van der Waals surface area contributed by atoms with Crippen LogP contribution in [0.5, 0.6) is 0 Å². The first kappa shape index (κ1) is 15.5. The molecule has 0 bridgehead atoms. The van der Waals surface area contributed by atoms with Crippen LogP contribution in [0.2, 0.25) is 0 Å². The van der Waals surface area contributed by atoms with Crippen LogP contribution in [0.1, 0.15) is 30.3 Å². The minimum Gasteiger partial charge on any atom is -0.481 e. The molecule has 0 aromatic carbocycles. The van der Waals surface area contributed by atoms with Gasteiger partial charge in [0.05, 0.1) is 11.6 Å². The highest BCUT2D eigenvalue weighted by molar-refractivity contribution is 5.79. The summed E-state index contributed by atoms with van der Waals surface area (Å²) in [5.41, 5.74) is 3.16. The Kier molecular flexibility index (Phi) is 4.34. The third-order valence-corrected chi connectivity index (χ3v) is 4.53. The van der Waals surface area contributed by atoms with E-state index in [4.69, 9.17) is 5.11 Å². The third-order valence-electron chi connectivity index (χ3n) is 4.53. The van der Waals surface area contributed by atoms with E-state index in [1.807, 2.05) is 32.5 Å². The first-order valence-corrected chi connectivity index (χ1v) is 7.31. The number of aliphatic carboxylic acids is 1. The zero-order valence-corrected chi connectivity index (χ0v) is 13.1. The Morgan fingerprint density at radius 2 is 2.00 bits per heavy atom. The van der Waals surface area contributed by atoms with Crippen LogP contribution < -0.4 is 0 Å². The molecular formula is C15H23N3O3. The summed E-state index contributed by atoms with van der Waals surface area (Å²) in [5, 5.41) is 13.5. The number of carboxylic acid groups (broad SMARTS) is 1. The maximum Gasteiger partial charge on any atom is 0.308 e. The Morgan fingerprint density at radius 1 is 1.33 bits per heavy atom. The average molecular weight is 293 g/mol. The van der Waals surface area contributed by atoms with E-state index in [0.29, 0.717) is 25.9 Å². The van der Waals surface area contributed by atoms with Gasteiger partial charge < -0.3 is 10.0 Å². The number of hydrogen-bond donors (Lipinski definition) is 1. The Morgan fingerprint density at radius 3 is 2.48 bits per heavy atom. The molecule has 1 aliphatic rings. The maximum absolute atomic E-state index is 12.3. The molecule has 6 heteroatoms. The largest absolute Gasteiger partial charge is 0.481 e. The lowest BCUT2D eigenvalue weighted by molar-refractivity contribution is -0.142. The van der Waals surface area contributed by atoms with E-state index in [-0.39, 0.29) is 11.8 Å². The lowest BCUT2D eigenvalue weighted by Crippen LogP contribution is -2.30. The molecule has 2 atom stereocenters. The molecule has 1 amide bonds. The van der Waals surface area contributed by atoms with Crippen LogP contribution in [0.25, 0.3) is 0 Å². The number of rotatable bonds is 4. The second kappa shape index (κ2) is 5.87. The Hall–Kier alpha value is -1.85. The molecule has 1 N–H and O–H groups in total. The Labute approximate surface area is 124 Å². The number of nitrogens with zero attached hydrogens (tertiary/aromatic N) is 3. The molecule has 6 nitrogen and oxygen atoms in total. The van der Waals surface area contributed by atoms with Crippen molar-refractivity contribution in [2.45, 2.75) is 33.6 Å². The second-order valence-corrected chi connectivity index (χ2v) is 5.99. The molecule has 0 saturated carbocycles. The van der Waals surface area contributed by atoms with Crippen LogP contribution >= 0.6 is 0 Å². The molecule has 116 valence electrons. The monoisotopic (exact) mass is 293 g/mol. The number of aromatic nitrogens is 2. The topological polar surface area (TPSA) is 75.4 Å². The highest BCUT2D eigenvalue weighted by Gasteiger charge is 2.36. The van der Waals surface area contributed by atoms with Gasteiger partial charge in [-0.25, -0.2) is 0 Å². The van der Waals surface area contributed by atoms with E-state index in [0.717, 1.165) is 17.0 Å². The minimum absolute atomic E-state index is 0.0216. The predicted octanol–water partition coefficient (Wildman–Crippen LogP) is 1.15. The summed E-state index contributed by atoms with van der Waals surface area (Å²) in [7, 11) is 1.90. The van der Waals surface area contributed by atoms with Gasteiger partial charge in [0.1, 0.15) is 0 Å². The summed E-state index contributed by atoms with van der Waals surface area (Å²) in [4.78, 5) is 25.1. The van der Waals surface area contributed by atoms with Crippen LogP contribution in [-0.4, -0.2) is 44.8 Å². The van der Waals surface area contributed by atoms with Crippen LogP contribution in [0.3, 0.4) is 0 Å². The smallest absolute Gasteiger partial charge is 0.308 e. The van der Waals surface area contributed by atoms with Gasteiger partial charge in [-0.3, -0.25) is 14.3 Å². The van der Waals surface area contributed by atoms with Crippen molar-refractivity contribution >= 4 is 11.9 Å². The van der Waals surface area contributed by atoms with Gasteiger partial charge in [0.2, 0.25) is 5.91 Å². The van der Waals surface area contributed by atoms with Gasteiger partial charge in [0.25, 0.3) is 0 Å². The molecule has 0 aliphatic carbocycles. The van der Waals surface area contributed by atoms with Gasteiger partial charge in [-0.2, -0.15) is 5.10 Å². The third kappa shape index (κ3) is 3.09. The molecule has 1 aromatic rings. The number of aryl methyl sites for hydroxylation is 2. The van der Waals surface area contributed by atoms with E-state index >= 15 is 0 Å². The first-order chi connectivity index (χ1) is 9.81. The van der Waals surface area contributed by atoms with Crippen LogP contribution in [0.15, 0.2) is 0 Å². The first-order valence-electron chi connectivity index (χ1n) is 7.31. The molecule has 2 rings (SSSR count). The van der Waals surface area contributed by atoms with Crippen LogP contribution in [0.4, 0.5) is 0 Å². The molecule has 0 spiro atoms. The summed E-state index contributed by atoms with van der Waals surface area (Å²) in [5.74, 6) is -1.19. The average Bonchev–Trinajstić information content (AvgIpc) is 2.90. The highest BCUT2D eigenvalue weighted by Crippen LogP contribution is 2.24. The van der Waals surface area contributed by atoms with E-state index in [1.54, 1.807) is 4.90 Å². The summed E-state index contributed by atoms with van der Waals surface area (Å²) in [6.45, 7) is 6.71. The fourth-order valence-corrected chi connectivity index (χ4v) is 3.06. The molecule has 21 heavy (non-hydrogen) atoms. The number of hydrogen-bond acceptors (Lipinski definition) is 3. The van der Waals surface area contributed by atoms with Crippen molar-refractivity contribution in [2.75, 3.05) is 13.1 Å². The van der Waals surface area contributed by atoms with E-state index in [2.05, 4.69) is 5.10 Å². The van der Waals surface area contributed by atoms with Crippen molar-refractivity contribution < 1.29 is 14.7 Å². The van der Waals surface area contributed by atoms with Gasteiger partial charge in [-0.15, -0.1) is 0 Å². The fourth-order valence-electron chi connectivity index (χ4n) is 3.06. The molecule has 2 heterocycles. The minimum atomic E-state index is -0.809. The summed E-state index contributed by atoms with van der Waals surface area (Å²) in [6, 6.07) is 0. The van der Waals surface area contributed by atoms with Crippen molar-refractivity contribution in [2.24, 2.45) is 18.9 Å². The fraction of sp³-hybridized carbons (Fsp3) is 0.667. The van der Waals surface area contributed by atoms with E-state index in [9.17, 15) is 9.59 Å². The second-order valence-electron chi connectivity index (χ2n) is 5.99. The molecule has 1 saturated heterocycles. The Bertz CT molecular complexity index is 565. The maximum atomic E-state index is 12.3. The molecular weight excluding hydrogens is 270 g/mol. The zero-order valence-electron chi connectivity index (χ0n) is 13.1. The number of amides is 1. The van der Waals surface area contributed by atoms with Crippen molar-refractivity contribution in [3.8, 4) is 0 Å². The van der Waals surface area contributed by atoms with Crippen molar-refractivity contribution in [3.05, 3.63) is 17.0 Å². The highest BCUT2D eigenvalue weighted by atomic mass is 16.4. The van der Waals surface area contributed by atoms with E-state index in [1.165, 1.54) is 0 Å². The van der Waals surface area contributed by atoms with E-state index < -0.39 is 11.9 Å². The molecule has 1 fully saturated rings. The van der Waals surface area contributed by atoms with Gasteiger partial charge in [-0.05, 0) is 31.7 Å². The molecule has 2 unspecified atom stereocenters. The summed E-state index contributed by atoms with van der Waals surface area (Å²) < 4.78 is 1.83. The molecule has 1 aliphatic heterocycles. The Balaban J connectivity index is 1.95. The van der Waals surface area contributed by atoms with Gasteiger partial charge in [0.15, 0.2) is 0 Å². The predicted molar refractivity (Wildman–Crippen MR) is 77.9 cm³/mol. The van der Waals surface area contributed by atoms with Crippen LogP contribution in [0, 0.1) is 25.7 Å². The van der Waals surface area contributed by atoms with Crippen molar-refractivity contribution in [1.29, 1.82) is 0 Å². The van der Waals surface area contributed by atoms with Gasteiger partial charge >= 0.3 is 5.97 Å². The SMILES string of the molecule is Cc1nn(C)c(C)c1CCC(=O)N1CC(C)C(C(=O)O)C1. The summed E-state index contributed by atoms with van der Waals surface area (Å²) in [6.07, 6.45) is 1.07. The lowest BCUT2D eigenvalue weighted by atomic mass is 9.99. The number of carbonyl (C=O) groups is 2. The molecule has 1 aromatic heterocycles. The van der Waals surface area contributed by atoms with Gasteiger partial charge in [-0.1, -0.05) is 6.92 Å². The van der Waals surface area contributed by atoms with Gasteiger partial charge in [0, 0.05) is 32.3 Å². The van der Waals surface area contributed by atoms with Crippen molar-refractivity contribution in [1.82, 2.24) is 14.7 Å². The van der Waals surface area contributed by atoms with Crippen molar-refractivity contribution in [3.63, 3.8) is 0 Å². The lowest BCUT2D eigenvalue weighted by Gasteiger charge is -2.15. The zero-order chi connectivity index (χ0) is 15.7. The number of likely N-dealkylation sites (tertiary alicyclic amines) is 1. The normalized spacial score (nSPS) is 21.8. The summed E-state index contributed by atoms with van der Waals surface area (Å²) >= 11 is 0. The molecule has 0 radical (unpaired) electrons. The number of carboxylic acids is 1. The quantitative estimate of drug-likeness (QED) is 0.903.